The van der Waals surface area contributed by atoms with Gasteiger partial charge in [-0.05, 0) is 62.2 Å². The van der Waals surface area contributed by atoms with Crippen LogP contribution in [0.25, 0.3) is 16.5 Å². The van der Waals surface area contributed by atoms with Crippen molar-refractivity contribution in [1.29, 1.82) is 0 Å². The molecule has 0 aliphatic carbocycles. The summed E-state index contributed by atoms with van der Waals surface area (Å²) in [7, 11) is 0. The van der Waals surface area contributed by atoms with Crippen LogP contribution in [0.1, 0.15) is 67.2 Å². The SMILES string of the molecule is CC(C)OC(=O)C1=CN(C(=O)c2ccc(C(C)Cl)cc2)CC(C)(C)c2c1[nH]c1cc(F)ccc21. The first-order valence-electron chi connectivity index (χ1n) is 11.3. The Morgan fingerprint density at radius 2 is 1.79 bits per heavy atom. The lowest BCUT2D eigenvalue weighted by Gasteiger charge is -2.29. The second kappa shape index (κ2) is 8.91. The van der Waals surface area contributed by atoms with Gasteiger partial charge < -0.3 is 14.6 Å². The summed E-state index contributed by atoms with van der Waals surface area (Å²) in [6, 6.07) is 11.7. The van der Waals surface area contributed by atoms with Crippen molar-refractivity contribution in [3.05, 3.63) is 76.9 Å². The number of fused-ring (bicyclic) bond motifs is 3. The van der Waals surface area contributed by atoms with E-state index in [0.717, 1.165) is 16.5 Å². The summed E-state index contributed by atoms with van der Waals surface area (Å²) >= 11 is 6.15. The smallest absolute Gasteiger partial charge is 0.342 e. The van der Waals surface area contributed by atoms with Crippen LogP contribution >= 0.6 is 11.6 Å². The molecule has 0 fully saturated rings. The van der Waals surface area contributed by atoms with Crippen LogP contribution in [-0.4, -0.2) is 34.4 Å². The summed E-state index contributed by atoms with van der Waals surface area (Å²) < 4.78 is 19.5. The number of amides is 1. The van der Waals surface area contributed by atoms with Gasteiger partial charge in [0.2, 0.25) is 0 Å². The summed E-state index contributed by atoms with van der Waals surface area (Å²) in [6.45, 7) is 9.73. The maximum Gasteiger partial charge on any atom is 0.342 e. The number of aromatic amines is 1. The van der Waals surface area contributed by atoms with Gasteiger partial charge in [-0.15, -0.1) is 11.6 Å². The second-order valence-electron chi connectivity index (χ2n) is 9.62. The van der Waals surface area contributed by atoms with Gasteiger partial charge in [-0.2, -0.15) is 0 Å². The molecule has 1 atom stereocenters. The van der Waals surface area contributed by atoms with E-state index < -0.39 is 11.4 Å². The number of rotatable bonds is 4. The van der Waals surface area contributed by atoms with Gasteiger partial charge in [0.15, 0.2) is 0 Å². The molecule has 1 unspecified atom stereocenters. The highest BCUT2D eigenvalue weighted by molar-refractivity contribution is 6.20. The Morgan fingerprint density at radius 3 is 2.41 bits per heavy atom. The van der Waals surface area contributed by atoms with Crippen LogP contribution in [0, 0.1) is 5.82 Å². The Hall–Kier alpha value is -3.12. The number of aromatic nitrogens is 1. The molecular weight excluding hydrogens is 455 g/mol. The van der Waals surface area contributed by atoms with E-state index in [4.69, 9.17) is 16.3 Å². The Labute approximate surface area is 203 Å². The van der Waals surface area contributed by atoms with E-state index in [0.29, 0.717) is 23.3 Å². The molecule has 3 aromatic rings. The van der Waals surface area contributed by atoms with Crippen molar-refractivity contribution >= 4 is 40.0 Å². The molecule has 1 amide bonds. The predicted molar refractivity (Wildman–Crippen MR) is 132 cm³/mol. The molecule has 1 aromatic heterocycles. The Bertz CT molecular complexity index is 1290. The highest BCUT2D eigenvalue weighted by atomic mass is 35.5. The normalized spacial score (nSPS) is 16.1. The third-order valence-electron chi connectivity index (χ3n) is 6.00. The zero-order valence-electron chi connectivity index (χ0n) is 19.9. The van der Waals surface area contributed by atoms with Gasteiger partial charge in [-0.3, -0.25) is 4.79 Å². The third kappa shape index (κ3) is 4.47. The number of benzene rings is 2. The molecule has 0 radical (unpaired) electrons. The first-order valence-corrected chi connectivity index (χ1v) is 11.7. The lowest BCUT2D eigenvalue weighted by atomic mass is 9.81. The third-order valence-corrected chi connectivity index (χ3v) is 6.25. The first kappa shape index (κ1) is 24.0. The van der Waals surface area contributed by atoms with E-state index in [9.17, 15) is 14.0 Å². The fourth-order valence-electron chi connectivity index (χ4n) is 4.47. The molecule has 0 spiro atoms. The number of nitrogens with zero attached hydrogens (tertiary/aromatic N) is 1. The molecular formula is C27H28ClFN2O3. The number of nitrogens with one attached hydrogen (secondary N) is 1. The van der Waals surface area contributed by atoms with Gasteiger partial charge in [-0.1, -0.05) is 26.0 Å². The summed E-state index contributed by atoms with van der Waals surface area (Å²) in [5.74, 6) is -1.16. The Morgan fingerprint density at radius 1 is 1.12 bits per heavy atom. The molecule has 7 heteroatoms. The molecule has 5 nitrogen and oxygen atoms in total. The second-order valence-corrected chi connectivity index (χ2v) is 10.3. The number of hydrogen-bond donors (Lipinski definition) is 1. The average molecular weight is 483 g/mol. The average Bonchev–Trinajstić information content (AvgIpc) is 3.09. The van der Waals surface area contributed by atoms with Crippen molar-refractivity contribution in [3.63, 3.8) is 0 Å². The van der Waals surface area contributed by atoms with E-state index in [2.05, 4.69) is 4.98 Å². The topological polar surface area (TPSA) is 62.4 Å². The minimum atomic E-state index is -0.554. The quantitative estimate of drug-likeness (QED) is 0.349. The number of halogens is 2. The van der Waals surface area contributed by atoms with E-state index in [-0.39, 0.29) is 28.8 Å². The number of hydrogen-bond acceptors (Lipinski definition) is 3. The standard InChI is InChI=1S/C27H28ClFN2O3/c1-15(2)34-26(33)21-13-31(25(32)18-8-6-17(7-9-18)16(3)28)14-27(4,5)23-20-11-10-19(29)12-22(20)30-24(21)23/h6-13,15-16,30H,14H2,1-5H3. The lowest BCUT2D eigenvalue weighted by Crippen LogP contribution is -2.37. The van der Waals surface area contributed by atoms with Crippen molar-refractivity contribution in [2.75, 3.05) is 6.54 Å². The molecule has 4 rings (SSSR count). The Balaban J connectivity index is 1.85. The fraction of sp³-hybridized carbons (Fsp3) is 0.333. The molecule has 2 aromatic carbocycles. The van der Waals surface area contributed by atoms with Crippen molar-refractivity contribution in [1.82, 2.24) is 9.88 Å². The van der Waals surface area contributed by atoms with Gasteiger partial charge in [-0.25, -0.2) is 9.18 Å². The zero-order valence-corrected chi connectivity index (χ0v) is 20.7. The molecule has 1 N–H and O–H groups in total. The summed E-state index contributed by atoms with van der Waals surface area (Å²) in [6.07, 6.45) is 1.20. The first-order chi connectivity index (χ1) is 16.0. The van der Waals surface area contributed by atoms with Crippen LogP contribution in [0.15, 0.2) is 48.7 Å². The largest absolute Gasteiger partial charge is 0.459 e. The minimum absolute atomic E-state index is 0.165. The zero-order chi connectivity index (χ0) is 24.8. The van der Waals surface area contributed by atoms with Crippen LogP contribution in [-0.2, 0) is 14.9 Å². The maximum atomic E-state index is 13.9. The highest BCUT2D eigenvalue weighted by Gasteiger charge is 2.37. The fourth-order valence-corrected chi connectivity index (χ4v) is 4.61. The molecule has 1 aliphatic heterocycles. The molecule has 34 heavy (non-hydrogen) atoms. The van der Waals surface area contributed by atoms with E-state index >= 15 is 0 Å². The number of H-pyrrole nitrogens is 1. The van der Waals surface area contributed by atoms with Crippen molar-refractivity contribution < 1.29 is 18.7 Å². The van der Waals surface area contributed by atoms with Crippen molar-refractivity contribution in [3.8, 4) is 0 Å². The predicted octanol–water partition coefficient (Wildman–Crippen LogP) is 6.33. The number of esters is 1. The number of ether oxygens (including phenoxy) is 1. The number of carbonyl (C=O) groups is 2. The van der Waals surface area contributed by atoms with E-state index in [1.807, 2.05) is 32.9 Å². The molecule has 1 aliphatic rings. The summed E-state index contributed by atoms with van der Waals surface area (Å²) in [4.78, 5) is 31.5. The van der Waals surface area contributed by atoms with Crippen LogP contribution in [0.3, 0.4) is 0 Å². The van der Waals surface area contributed by atoms with Gasteiger partial charge in [0.25, 0.3) is 5.91 Å². The van der Waals surface area contributed by atoms with Gasteiger partial charge in [0.05, 0.1) is 22.7 Å². The van der Waals surface area contributed by atoms with Crippen LogP contribution in [0.5, 0.6) is 0 Å². The van der Waals surface area contributed by atoms with Crippen LogP contribution in [0.4, 0.5) is 4.39 Å². The van der Waals surface area contributed by atoms with E-state index in [1.165, 1.54) is 12.1 Å². The highest BCUT2D eigenvalue weighted by Crippen LogP contribution is 2.41. The van der Waals surface area contributed by atoms with Crippen LogP contribution in [0.2, 0.25) is 0 Å². The molecule has 2 heterocycles. The molecule has 0 bridgehead atoms. The molecule has 178 valence electrons. The van der Waals surface area contributed by atoms with Crippen molar-refractivity contribution in [2.45, 2.75) is 51.5 Å². The van der Waals surface area contributed by atoms with Crippen LogP contribution < -0.4 is 0 Å². The van der Waals surface area contributed by atoms with Crippen molar-refractivity contribution in [2.24, 2.45) is 0 Å². The number of alkyl halides is 1. The maximum absolute atomic E-state index is 13.9. The van der Waals surface area contributed by atoms with Gasteiger partial charge >= 0.3 is 5.97 Å². The van der Waals surface area contributed by atoms with Gasteiger partial charge in [0.1, 0.15) is 5.82 Å². The number of carbonyl (C=O) groups excluding carboxylic acids is 2. The lowest BCUT2D eigenvalue weighted by molar-refractivity contribution is -0.140. The Kier molecular flexibility index (Phi) is 6.30. The summed E-state index contributed by atoms with van der Waals surface area (Å²) in [5, 5.41) is 0.640. The summed E-state index contributed by atoms with van der Waals surface area (Å²) in [5.41, 5.74) is 3.05. The minimum Gasteiger partial charge on any atom is -0.459 e. The van der Waals surface area contributed by atoms with Gasteiger partial charge in [0, 0.05) is 34.6 Å². The molecule has 0 saturated carbocycles. The molecule has 0 saturated heterocycles. The van der Waals surface area contributed by atoms with E-state index in [1.54, 1.807) is 43.1 Å². The monoisotopic (exact) mass is 482 g/mol.